The summed E-state index contributed by atoms with van der Waals surface area (Å²) in [7, 11) is 0. The van der Waals surface area contributed by atoms with Gasteiger partial charge in [-0.05, 0) is 42.8 Å². The van der Waals surface area contributed by atoms with Crippen molar-refractivity contribution in [2.75, 3.05) is 18.4 Å². The topological polar surface area (TPSA) is 78.5 Å². The lowest BCUT2D eigenvalue weighted by atomic mass is 10.1. The van der Waals surface area contributed by atoms with Crippen LogP contribution >= 0.6 is 37.2 Å². The largest absolute Gasteiger partial charge is 0.374 e. The highest BCUT2D eigenvalue weighted by molar-refractivity contribution is 5.86. The van der Waals surface area contributed by atoms with E-state index in [9.17, 15) is 0 Å². The fourth-order valence-electron chi connectivity index (χ4n) is 3.14. The summed E-state index contributed by atoms with van der Waals surface area (Å²) >= 11 is 0. The number of pyridine rings is 1. The third kappa shape index (κ3) is 7.80. The van der Waals surface area contributed by atoms with Crippen molar-refractivity contribution < 1.29 is 0 Å². The number of nitrogens with zero attached hydrogens (tertiary/aromatic N) is 3. The molecule has 0 aliphatic heterocycles. The highest BCUT2D eigenvalue weighted by Gasteiger charge is 2.17. The van der Waals surface area contributed by atoms with Gasteiger partial charge in [0.1, 0.15) is 5.82 Å². The predicted octanol–water partition coefficient (Wildman–Crippen LogP) is 5.12. The first-order valence-electron chi connectivity index (χ1n) is 9.77. The van der Waals surface area contributed by atoms with E-state index in [-0.39, 0.29) is 43.3 Å². The fraction of sp³-hybridized carbons (Fsp3) is 0.174. The van der Waals surface area contributed by atoms with Gasteiger partial charge in [-0.3, -0.25) is 10.1 Å². The van der Waals surface area contributed by atoms with Crippen LogP contribution in [0.3, 0.4) is 0 Å². The summed E-state index contributed by atoms with van der Waals surface area (Å²) in [5, 5.41) is 14.6. The second-order valence-corrected chi connectivity index (χ2v) is 6.78. The van der Waals surface area contributed by atoms with E-state index in [4.69, 9.17) is 4.98 Å². The quantitative estimate of drug-likeness (QED) is 0.282. The zero-order valence-corrected chi connectivity index (χ0v) is 19.8. The number of nitrogens with one attached hydrogen (secondary N) is 3. The Labute approximate surface area is 206 Å². The second-order valence-electron chi connectivity index (χ2n) is 6.78. The Balaban J connectivity index is 0.00000171. The van der Waals surface area contributed by atoms with Gasteiger partial charge in [0.15, 0.2) is 5.82 Å². The molecule has 0 aliphatic carbocycles. The molecule has 9 heteroatoms. The van der Waals surface area contributed by atoms with E-state index in [2.05, 4.69) is 62.2 Å². The van der Waals surface area contributed by atoms with Crippen LogP contribution in [-0.2, 0) is 6.42 Å². The number of anilines is 1. The Morgan fingerprint density at radius 2 is 1.47 bits per heavy atom. The number of hydrogen-bond donors (Lipinski definition) is 3. The Morgan fingerprint density at radius 3 is 2.16 bits per heavy atom. The molecule has 0 spiro atoms. The van der Waals surface area contributed by atoms with Crippen LogP contribution in [0.25, 0.3) is 11.4 Å². The van der Waals surface area contributed by atoms with Crippen molar-refractivity contribution in [2.24, 2.45) is 0 Å². The van der Waals surface area contributed by atoms with E-state index in [1.54, 1.807) is 12.4 Å². The standard InChI is InChI=1S/C23H24N6.3ClH/c1-3-7-18(8-4-1)11-14-25-17-21(26-20-9-5-2-6-10-20)23-27-22(28-29-23)19-12-15-24-16-13-19;;;/h1-10,12-13,15-16,21,25-26H,11,14,17H2,(H,27,28,29);3*1H. The predicted molar refractivity (Wildman–Crippen MR) is 137 cm³/mol. The molecule has 0 amide bonds. The molecule has 1 unspecified atom stereocenters. The van der Waals surface area contributed by atoms with Crippen LogP contribution < -0.4 is 10.6 Å². The highest BCUT2D eigenvalue weighted by Crippen LogP contribution is 2.19. The molecule has 0 fully saturated rings. The van der Waals surface area contributed by atoms with Crippen molar-refractivity contribution in [3.8, 4) is 11.4 Å². The number of para-hydroxylation sites is 1. The van der Waals surface area contributed by atoms with E-state index >= 15 is 0 Å². The first-order valence-corrected chi connectivity index (χ1v) is 9.77. The van der Waals surface area contributed by atoms with Crippen molar-refractivity contribution in [3.63, 3.8) is 0 Å². The van der Waals surface area contributed by atoms with Crippen LogP contribution in [0.1, 0.15) is 17.4 Å². The molecule has 0 bridgehead atoms. The molecule has 0 radical (unpaired) electrons. The van der Waals surface area contributed by atoms with Gasteiger partial charge in [-0.15, -0.1) is 37.2 Å². The minimum atomic E-state index is -0.0312. The van der Waals surface area contributed by atoms with Gasteiger partial charge in [0.25, 0.3) is 0 Å². The molecule has 0 saturated carbocycles. The summed E-state index contributed by atoms with van der Waals surface area (Å²) in [5.41, 5.74) is 3.31. The van der Waals surface area contributed by atoms with Gasteiger partial charge < -0.3 is 10.6 Å². The summed E-state index contributed by atoms with van der Waals surface area (Å²) in [5.74, 6) is 1.47. The average Bonchev–Trinajstić information content (AvgIpc) is 3.28. The molecular formula is C23H27Cl3N6. The Hall–Kier alpha value is -2.64. The van der Waals surface area contributed by atoms with Gasteiger partial charge in [-0.2, -0.15) is 5.10 Å². The van der Waals surface area contributed by atoms with Crippen LogP contribution in [-0.4, -0.2) is 33.3 Å². The molecule has 4 rings (SSSR count). The van der Waals surface area contributed by atoms with Crippen LogP contribution in [0.15, 0.2) is 85.2 Å². The Kier molecular flexibility index (Phi) is 12.4. The molecule has 0 aliphatic rings. The maximum absolute atomic E-state index is 4.72. The molecule has 32 heavy (non-hydrogen) atoms. The van der Waals surface area contributed by atoms with Crippen molar-refractivity contribution in [1.29, 1.82) is 0 Å². The molecule has 6 nitrogen and oxygen atoms in total. The molecule has 170 valence electrons. The summed E-state index contributed by atoms with van der Waals surface area (Å²) in [6.45, 7) is 1.62. The number of hydrogen-bond acceptors (Lipinski definition) is 5. The smallest absolute Gasteiger partial charge is 0.181 e. The summed E-state index contributed by atoms with van der Waals surface area (Å²) in [6, 6.07) is 24.4. The lowest BCUT2D eigenvalue weighted by molar-refractivity contribution is 0.603. The molecule has 4 aromatic rings. The van der Waals surface area contributed by atoms with Crippen molar-refractivity contribution in [1.82, 2.24) is 25.5 Å². The fourth-order valence-corrected chi connectivity index (χ4v) is 3.14. The van der Waals surface area contributed by atoms with Crippen molar-refractivity contribution in [3.05, 3.63) is 96.6 Å². The molecule has 0 saturated heterocycles. The van der Waals surface area contributed by atoms with Gasteiger partial charge in [0.05, 0.1) is 6.04 Å². The third-order valence-electron chi connectivity index (χ3n) is 4.67. The monoisotopic (exact) mass is 492 g/mol. The Bertz CT molecular complexity index is 1000. The molecule has 2 aromatic heterocycles. The number of H-pyrrole nitrogens is 1. The first-order chi connectivity index (χ1) is 14.4. The van der Waals surface area contributed by atoms with Crippen LogP contribution in [0, 0.1) is 0 Å². The summed E-state index contributed by atoms with van der Waals surface area (Å²) in [4.78, 5) is 8.77. The van der Waals surface area contributed by atoms with Gasteiger partial charge in [0, 0.05) is 30.2 Å². The van der Waals surface area contributed by atoms with Gasteiger partial charge in [-0.25, -0.2) is 4.98 Å². The van der Waals surface area contributed by atoms with Crippen LogP contribution in [0.5, 0.6) is 0 Å². The van der Waals surface area contributed by atoms with Gasteiger partial charge in [0.2, 0.25) is 0 Å². The van der Waals surface area contributed by atoms with Crippen LogP contribution in [0.2, 0.25) is 0 Å². The van der Waals surface area contributed by atoms with Crippen molar-refractivity contribution in [2.45, 2.75) is 12.5 Å². The SMILES string of the molecule is Cl.Cl.Cl.c1ccc(CCNCC(Nc2ccccc2)c2nc(-c3ccncc3)n[nH]2)cc1. The molecule has 2 heterocycles. The van der Waals surface area contributed by atoms with E-state index < -0.39 is 0 Å². The van der Waals surface area contributed by atoms with E-state index in [1.807, 2.05) is 36.4 Å². The molecule has 3 N–H and O–H groups in total. The number of rotatable bonds is 9. The number of aromatic nitrogens is 4. The minimum Gasteiger partial charge on any atom is -0.374 e. The zero-order valence-electron chi connectivity index (χ0n) is 17.3. The lowest BCUT2D eigenvalue weighted by Gasteiger charge is -2.18. The second kappa shape index (κ2) is 14.4. The zero-order chi connectivity index (χ0) is 19.7. The van der Waals surface area contributed by atoms with E-state index in [0.29, 0.717) is 5.82 Å². The number of benzene rings is 2. The maximum Gasteiger partial charge on any atom is 0.181 e. The minimum absolute atomic E-state index is 0. The third-order valence-corrected chi connectivity index (χ3v) is 4.67. The number of aromatic amines is 1. The summed E-state index contributed by atoms with van der Waals surface area (Å²) in [6.07, 6.45) is 4.48. The Morgan fingerprint density at radius 1 is 0.812 bits per heavy atom. The van der Waals surface area contributed by atoms with E-state index in [0.717, 1.165) is 36.6 Å². The van der Waals surface area contributed by atoms with E-state index in [1.165, 1.54) is 5.56 Å². The first kappa shape index (κ1) is 27.4. The lowest BCUT2D eigenvalue weighted by Crippen LogP contribution is -2.28. The maximum atomic E-state index is 4.72. The normalized spacial score (nSPS) is 10.8. The van der Waals surface area contributed by atoms with Crippen molar-refractivity contribution >= 4 is 42.9 Å². The van der Waals surface area contributed by atoms with Gasteiger partial charge >= 0.3 is 0 Å². The number of halogens is 3. The molecule has 2 aromatic carbocycles. The molecular weight excluding hydrogens is 467 g/mol. The highest BCUT2D eigenvalue weighted by atomic mass is 35.5. The van der Waals surface area contributed by atoms with Gasteiger partial charge in [-0.1, -0.05) is 48.5 Å². The average molecular weight is 494 g/mol. The van der Waals surface area contributed by atoms with Crippen LogP contribution in [0.4, 0.5) is 5.69 Å². The molecule has 1 atom stereocenters. The summed E-state index contributed by atoms with van der Waals surface area (Å²) < 4.78 is 0.